The summed E-state index contributed by atoms with van der Waals surface area (Å²) >= 11 is 0. The largest absolute Gasteiger partial charge is 0.370 e. The lowest BCUT2D eigenvalue weighted by Crippen LogP contribution is -2.31. The van der Waals surface area contributed by atoms with Gasteiger partial charge in [0.15, 0.2) is 0 Å². The summed E-state index contributed by atoms with van der Waals surface area (Å²) in [5.41, 5.74) is 3.28. The molecule has 0 saturated carbocycles. The van der Waals surface area contributed by atoms with Crippen LogP contribution in [-0.2, 0) is 0 Å². The lowest BCUT2D eigenvalue weighted by molar-refractivity contribution is 0.0993. The molecule has 2 aliphatic rings. The molecule has 4 rings (SSSR count). The number of hydrogen-bond donors (Lipinski definition) is 0. The Bertz CT molecular complexity index is 863. The third kappa shape index (κ3) is 4.00. The first-order chi connectivity index (χ1) is 14.2. The summed E-state index contributed by atoms with van der Waals surface area (Å²) in [5.74, 6) is 0.175. The Morgan fingerprint density at radius 2 is 1.66 bits per heavy atom. The highest BCUT2D eigenvalue weighted by Gasteiger charge is 2.30. The van der Waals surface area contributed by atoms with Gasteiger partial charge in [-0.25, -0.2) is 0 Å². The molecule has 0 unspecified atom stereocenters. The lowest BCUT2D eigenvalue weighted by Gasteiger charge is -2.26. The number of hydrogen-bond acceptors (Lipinski definition) is 3. The molecule has 0 atom stereocenters. The number of benzene rings is 2. The van der Waals surface area contributed by atoms with Crippen molar-refractivity contribution in [1.82, 2.24) is 4.90 Å². The standard InChI is InChI=1S/C25H35N3O/c1-3-5-7-14-26-15-9-16-27(19-18-26)22-12-13-23-24-20(22)10-8-11-21(24)25(29)28(23)17-6-4-2/h8,10-13H,3-7,9,14-19H2,1-2H3. The zero-order chi connectivity index (χ0) is 20.2. The molecule has 0 aromatic heterocycles. The normalized spacial score (nSPS) is 17.4. The molecule has 0 bridgehead atoms. The molecule has 2 aliphatic heterocycles. The van der Waals surface area contributed by atoms with Gasteiger partial charge in [-0.2, -0.15) is 0 Å². The van der Waals surface area contributed by atoms with Gasteiger partial charge in [-0.3, -0.25) is 4.79 Å². The molecule has 2 aromatic rings. The monoisotopic (exact) mass is 393 g/mol. The first-order valence-electron chi connectivity index (χ1n) is 11.6. The fourth-order valence-electron chi connectivity index (χ4n) is 4.87. The molecule has 2 heterocycles. The van der Waals surface area contributed by atoms with E-state index >= 15 is 0 Å². The van der Waals surface area contributed by atoms with E-state index in [1.54, 1.807) is 0 Å². The summed E-state index contributed by atoms with van der Waals surface area (Å²) < 4.78 is 0. The van der Waals surface area contributed by atoms with Crippen molar-refractivity contribution in [3.63, 3.8) is 0 Å². The van der Waals surface area contributed by atoms with Crippen LogP contribution in [0.15, 0.2) is 30.3 Å². The predicted molar refractivity (Wildman–Crippen MR) is 123 cm³/mol. The fourth-order valence-corrected chi connectivity index (χ4v) is 4.87. The Hall–Kier alpha value is -2.07. The molecule has 0 spiro atoms. The molecule has 2 aromatic carbocycles. The van der Waals surface area contributed by atoms with Gasteiger partial charge < -0.3 is 14.7 Å². The highest BCUT2D eigenvalue weighted by atomic mass is 16.2. The van der Waals surface area contributed by atoms with Crippen LogP contribution in [0.25, 0.3) is 10.8 Å². The number of rotatable bonds is 8. The van der Waals surface area contributed by atoms with Crippen LogP contribution in [0, 0.1) is 0 Å². The van der Waals surface area contributed by atoms with Gasteiger partial charge in [0.05, 0.1) is 5.69 Å². The Balaban J connectivity index is 1.59. The number of unbranched alkanes of at least 4 members (excludes halogenated alkanes) is 3. The van der Waals surface area contributed by atoms with Crippen molar-refractivity contribution in [3.8, 4) is 0 Å². The number of carbonyl (C=O) groups is 1. The Morgan fingerprint density at radius 1 is 0.828 bits per heavy atom. The van der Waals surface area contributed by atoms with E-state index in [1.807, 2.05) is 11.0 Å². The SMILES string of the molecule is CCCCCN1CCCN(c2ccc3c4c(cccc24)C(=O)N3CCCC)CC1. The minimum Gasteiger partial charge on any atom is -0.370 e. The van der Waals surface area contributed by atoms with E-state index in [2.05, 4.69) is 47.9 Å². The van der Waals surface area contributed by atoms with Gasteiger partial charge in [0.25, 0.3) is 5.91 Å². The van der Waals surface area contributed by atoms with E-state index in [4.69, 9.17) is 0 Å². The molecule has 0 aliphatic carbocycles. The van der Waals surface area contributed by atoms with Gasteiger partial charge >= 0.3 is 0 Å². The van der Waals surface area contributed by atoms with Gasteiger partial charge in [0.2, 0.25) is 0 Å². The number of nitrogens with zero attached hydrogens (tertiary/aromatic N) is 3. The van der Waals surface area contributed by atoms with Crippen LogP contribution >= 0.6 is 0 Å². The van der Waals surface area contributed by atoms with Gasteiger partial charge in [-0.15, -0.1) is 0 Å². The van der Waals surface area contributed by atoms with Crippen molar-refractivity contribution in [2.24, 2.45) is 0 Å². The van der Waals surface area contributed by atoms with Crippen LogP contribution in [0.2, 0.25) is 0 Å². The molecule has 1 saturated heterocycles. The van der Waals surface area contributed by atoms with Crippen LogP contribution in [0.1, 0.15) is 62.7 Å². The van der Waals surface area contributed by atoms with E-state index in [1.165, 1.54) is 49.8 Å². The van der Waals surface area contributed by atoms with E-state index in [-0.39, 0.29) is 5.91 Å². The van der Waals surface area contributed by atoms with Crippen molar-refractivity contribution < 1.29 is 4.79 Å². The van der Waals surface area contributed by atoms with Crippen molar-refractivity contribution in [3.05, 3.63) is 35.9 Å². The van der Waals surface area contributed by atoms with E-state index in [0.717, 1.165) is 55.7 Å². The maximum absolute atomic E-state index is 13.0. The average Bonchev–Trinajstić information content (AvgIpc) is 2.88. The second-order valence-electron chi connectivity index (χ2n) is 8.53. The summed E-state index contributed by atoms with van der Waals surface area (Å²) in [4.78, 5) is 20.2. The van der Waals surface area contributed by atoms with Gasteiger partial charge in [-0.05, 0) is 50.6 Å². The first kappa shape index (κ1) is 20.2. The van der Waals surface area contributed by atoms with Crippen molar-refractivity contribution in [2.45, 2.75) is 52.4 Å². The minimum absolute atomic E-state index is 0.175. The highest BCUT2D eigenvalue weighted by molar-refractivity contribution is 6.26. The maximum atomic E-state index is 13.0. The number of carbonyl (C=O) groups excluding carboxylic acids is 1. The zero-order valence-electron chi connectivity index (χ0n) is 18.1. The third-order valence-electron chi connectivity index (χ3n) is 6.50. The van der Waals surface area contributed by atoms with E-state index in [0.29, 0.717) is 0 Å². The summed E-state index contributed by atoms with van der Waals surface area (Å²) in [6, 6.07) is 10.7. The summed E-state index contributed by atoms with van der Waals surface area (Å²) in [5, 5.41) is 2.40. The van der Waals surface area contributed by atoms with Crippen LogP contribution in [0.5, 0.6) is 0 Å². The minimum atomic E-state index is 0.175. The van der Waals surface area contributed by atoms with Crippen LogP contribution in [0.4, 0.5) is 11.4 Å². The summed E-state index contributed by atoms with van der Waals surface area (Å²) in [6.07, 6.45) is 7.28. The smallest absolute Gasteiger partial charge is 0.258 e. The van der Waals surface area contributed by atoms with Gasteiger partial charge in [0, 0.05) is 48.2 Å². The predicted octanol–water partition coefficient (Wildman–Crippen LogP) is 5.30. The molecule has 4 heteroatoms. The number of amides is 1. The van der Waals surface area contributed by atoms with Crippen molar-refractivity contribution in [1.29, 1.82) is 0 Å². The van der Waals surface area contributed by atoms with Crippen molar-refractivity contribution >= 4 is 28.1 Å². The van der Waals surface area contributed by atoms with Crippen LogP contribution < -0.4 is 9.80 Å². The first-order valence-corrected chi connectivity index (χ1v) is 11.6. The van der Waals surface area contributed by atoms with Crippen molar-refractivity contribution in [2.75, 3.05) is 49.1 Å². The van der Waals surface area contributed by atoms with Gasteiger partial charge in [0.1, 0.15) is 0 Å². The zero-order valence-corrected chi connectivity index (χ0v) is 18.1. The molecular weight excluding hydrogens is 358 g/mol. The quantitative estimate of drug-likeness (QED) is 0.569. The van der Waals surface area contributed by atoms with E-state index in [9.17, 15) is 4.79 Å². The molecular formula is C25H35N3O. The Morgan fingerprint density at radius 3 is 2.48 bits per heavy atom. The second kappa shape index (κ2) is 9.17. The topological polar surface area (TPSA) is 26.8 Å². The number of anilines is 2. The Labute approximate surface area is 175 Å². The highest BCUT2D eigenvalue weighted by Crippen LogP contribution is 2.41. The molecule has 1 fully saturated rings. The molecule has 29 heavy (non-hydrogen) atoms. The summed E-state index contributed by atoms with van der Waals surface area (Å²) in [6.45, 7) is 11.0. The van der Waals surface area contributed by atoms with Gasteiger partial charge in [-0.1, -0.05) is 45.2 Å². The summed E-state index contributed by atoms with van der Waals surface area (Å²) in [7, 11) is 0. The second-order valence-corrected chi connectivity index (χ2v) is 8.53. The lowest BCUT2D eigenvalue weighted by atomic mass is 10.0. The van der Waals surface area contributed by atoms with Crippen LogP contribution in [-0.4, -0.2) is 50.1 Å². The molecule has 156 valence electrons. The molecule has 1 amide bonds. The van der Waals surface area contributed by atoms with Crippen LogP contribution in [0.3, 0.4) is 0 Å². The fraction of sp³-hybridized carbons (Fsp3) is 0.560. The third-order valence-corrected chi connectivity index (χ3v) is 6.50. The maximum Gasteiger partial charge on any atom is 0.258 e. The molecule has 0 radical (unpaired) electrons. The van der Waals surface area contributed by atoms with E-state index < -0.39 is 0 Å². The Kier molecular flexibility index (Phi) is 6.39. The average molecular weight is 394 g/mol. The molecule has 4 nitrogen and oxygen atoms in total. The molecule has 0 N–H and O–H groups in total.